The Morgan fingerprint density at radius 1 is 1.16 bits per heavy atom. The maximum atomic E-state index is 11.7. The quantitative estimate of drug-likeness (QED) is 0.276. The Hall–Kier alpha value is -2.93. The van der Waals surface area contributed by atoms with Crippen molar-refractivity contribution in [2.24, 2.45) is 0 Å². The van der Waals surface area contributed by atoms with Gasteiger partial charge in [0.05, 0.1) is 5.69 Å². The maximum absolute atomic E-state index is 11.7. The van der Waals surface area contributed by atoms with E-state index in [9.17, 15) is 4.79 Å². The molecule has 0 saturated heterocycles. The van der Waals surface area contributed by atoms with Crippen LogP contribution in [0.25, 0.3) is 11.3 Å². The minimum absolute atomic E-state index is 0.0243. The van der Waals surface area contributed by atoms with Gasteiger partial charge in [0.1, 0.15) is 12.3 Å². The van der Waals surface area contributed by atoms with E-state index in [1.54, 1.807) is 0 Å². The summed E-state index contributed by atoms with van der Waals surface area (Å²) >= 11 is 0. The Morgan fingerprint density at radius 2 is 1.81 bits per heavy atom. The predicted octanol–water partition coefficient (Wildman–Crippen LogP) is 4.50. The molecule has 1 heterocycles. The summed E-state index contributed by atoms with van der Waals surface area (Å²) in [4.78, 5) is 11.7. The van der Waals surface area contributed by atoms with Gasteiger partial charge in [0.2, 0.25) is 6.79 Å². The van der Waals surface area contributed by atoms with E-state index in [1.807, 2.05) is 37.6 Å². The molecule has 1 aromatic carbocycles. The van der Waals surface area contributed by atoms with Crippen LogP contribution in [0.4, 0.5) is 0 Å². The van der Waals surface area contributed by atoms with Gasteiger partial charge in [0, 0.05) is 31.0 Å². The number of rotatable bonds is 9. The van der Waals surface area contributed by atoms with Crippen molar-refractivity contribution in [3.05, 3.63) is 52.3 Å². The van der Waals surface area contributed by atoms with Crippen LogP contribution in [-0.2, 0) is 31.0 Å². The molecule has 1 N–H and O–H groups in total. The van der Waals surface area contributed by atoms with Crippen LogP contribution in [0.2, 0.25) is 0 Å². The second kappa shape index (κ2) is 10.4. The number of nitrogens with zero attached hydrogens (tertiary/aromatic N) is 2. The smallest absolute Gasteiger partial charge is 0.334 e. The van der Waals surface area contributed by atoms with E-state index in [0.29, 0.717) is 17.9 Å². The molecule has 0 aliphatic carbocycles. The normalized spacial score (nSPS) is 12.4. The van der Waals surface area contributed by atoms with Gasteiger partial charge in [-0.2, -0.15) is 5.10 Å². The molecular formula is C24H33N3O4. The Bertz CT molecular complexity index is 950. The van der Waals surface area contributed by atoms with Crippen LogP contribution < -0.4 is 0 Å². The van der Waals surface area contributed by atoms with Gasteiger partial charge >= 0.3 is 5.97 Å². The van der Waals surface area contributed by atoms with E-state index in [0.717, 1.165) is 22.5 Å². The molecule has 1 aromatic heterocycles. The number of benzene rings is 1. The van der Waals surface area contributed by atoms with Gasteiger partial charge in [-0.3, -0.25) is 4.68 Å². The summed E-state index contributed by atoms with van der Waals surface area (Å²) in [6.07, 6.45) is 1.26. The summed E-state index contributed by atoms with van der Waals surface area (Å²) in [5.74, 6) is -0.0756. The van der Waals surface area contributed by atoms with Crippen LogP contribution in [0.1, 0.15) is 55.8 Å². The van der Waals surface area contributed by atoms with E-state index < -0.39 is 5.97 Å². The first-order chi connectivity index (χ1) is 14.6. The van der Waals surface area contributed by atoms with Crippen molar-refractivity contribution in [2.45, 2.75) is 53.5 Å². The van der Waals surface area contributed by atoms with E-state index >= 15 is 0 Å². The van der Waals surface area contributed by atoms with Crippen molar-refractivity contribution in [2.75, 3.05) is 20.5 Å². The van der Waals surface area contributed by atoms with Gasteiger partial charge in [-0.15, -0.1) is 0 Å². The molecule has 0 atom stereocenters. The number of nitrogens with one attached hydrogen (secondary N) is 1. The minimum atomic E-state index is -0.523. The topological polar surface area (TPSA) is 86.4 Å². The van der Waals surface area contributed by atoms with Crippen LogP contribution in [0.15, 0.2) is 24.3 Å². The number of ether oxygens (including phenoxy) is 3. The fourth-order valence-corrected chi connectivity index (χ4v) is 3.20. The zero-order chi connectivity index (χ0) is 23.2. The zero-order valence-corrected chi connectivity index (χ0v) is 19.5. The highest BCUT2D eigenvalue weighted by atomic mass is 16.7. The summed E-state index contributed by atoms with van der Waals surface area (Å²) in [5, 5.41) is 12.7. The first-order valence-electron chi connectivity index (χ1n) is 10.3. The van der Waals surface area contributed by atoms with E-state index in [1.165, 1.54) is 18.9 Å². The standard InChI is InChI=1S/C24H33N3O4/c1-8-27-22(16(2)17(3)26-27)23(31-15-30-21(28)14-29-7)20(13-25)18-9-11-19(12-10-18)24(4,5)6/h9-13,25H,8,14-15H2,1-7H3/b23-20-,25-13?. The van der Waals surface area contributed by atoms with E-state index in [-0.39, 0.29) is 18.8 Å². The molecule has 0 aliphatic rings. The fraction of sp³-hybridized carbons (Fsp3) is 0.458. The van der Waals surface area contributed by atoms with E-state index in [4.69, 9.17) is 19.6 Å². The van der Waals surface area contributed by atoms with Gasteiger partial charge in [-0.25, -0.2) is 4.79 Å². The summed E-state index contributed by atoms with van der Waals surface area (Å²) in [5.41, 5.74) is 5.23. The monoisotopic (exact) mass is 427 g/mol. The van der Waals surface area contributed by atoms with Crippen molar-refractivity contribution in [1.82, 2.24) is 9.78 Å². The second-order valence-corrected chi connectivity index (χ2v) is 8.30. The third-order valence-electron chi connectivity index (χ3n) is 5.08. The number of hydrogen-bond donors (Lipinski definition) is 1. The molecule has 7 nitrogen and oxygen atoms in total. The average molecular weight is 428 g/mol. The maximum Gasteiger partial charge on any atom is 0.334 e. The Labute approximate surface area is 184 Å². The number of aromatic nitrogens is 2. The number of hydrogen-bond acceptors (Lipinski definition) is 6. The number of carbonyl (C=O) groups excluding carboxylic acids is 1. The highest BCUT2D eigenvalue weighted by molar-refractivity contribution is 6.17. The molecule has 0 saturated carbocycles. The summed E-state index contributed by atoms with van der Waals surface area (Å²) in [6, 6.07) is 8.08. The lowest BCUT2D eigenvalue weighted by molar-refractivity contribution is -0.155. The minimum Gasteiger partial charge on any atom is -0.454 e. The van der Waals surface area contributed by atoms with Crippen LogP contribution in [0, 0.1) is 19.3 Å². The van der Waals surface area contributed by atoms with Crippen LogP contribution in [-0.4, -0.2) is 42.5 Å². The lowest BCUT2D eigenvalue weighted by atomic mass is 9.86. The number of carbonyl (C=O) groups is 1. The van der Waals surface area contributed by atoms with Gasteiger partial charge in [0.25, 0.3) is 0 Å². The lowest BCUT2D eigenvalue weighted by Gasteiger charge is -2.20. The third-order valence-corrected chi connectivity index (χ3v) is 5.08. The molecule has 0 radical (unpaired) electrons. The lowest BCUT2D eigenvalue weighted by Crippen LogP contribution is -2.15. The second-order valence-electron chi connectivity index (χ2n) is 8.30. The SMILES string of the molecule is CCn1nc(C)c(C)c1/C(OCOC(=O)COC)=C(\C=N)c1ccc(C(C)(C)C)cc1. The number of allylic oxidation sites excluding steroid dienone is 1. The average Bonchev–Trinajstić information content (AvgIpc) is 3.01. The third kappa shape index (κ3) is 5.82. The van der Waals surface area contributed by atoms with Crippen LogP contribution >= 0.6 is 0 Å². The van der Waals surface area contributed by atoms with Crippen molar-refractivity contribution in [1.29, 1.82) is 5.41 Å². The molecule has 2 rings (SSSR count). The molecule has 0 spiro atoms. The Kier molecular flexibility index (Phi) is 8.16. The molecule has 0 fully saturated rings. The van der Waals surface area contributed by atoms with Crippen LogP contribution in [0.3, 0.4) is 0 Å². The van der Waals surface area contributed by atoms with Crippen molar-refractivity contribution < 1.29 is 19.0 Å². The molecule has 0 bridgehead atoms. The Balaban J connectivity index is 2.56. The van der Waals surface area contributed by atoms with Gasteiger partial charge in [-0.1, -0.05) is 45.0 Å². The molecule has 0 aliphatic heterocycles. The Morgan fingerprint density at radius 3 is 2.32 bits per heavy atom. The fourth-order valence-electron chi connectivity index (χ4n) is 3.20. The number of aryl methyl sites for hydroxylation is 2. The van der Waals surface area contributed by atoms with E-state index in [2.05, 4.69) is 38.0 Å². The predicted molar refractivity (Wildman–Crippen MR) is 122 cm³/mol. The van der Waals surface area contributed by atoms with Crippen molar-refractivity contribution in [3.8, 4) is 0 Å². The molecule has 168 valence electrons. The molecular weight excluding hydrogens is 394 g/mol. The highest BCUT2D eigenvalue weighted by Gasteiger charge is 2.22. The number of esters is 1. The first-order valence-corrected chi connectivity index (χ1v) is 10.3. The molecule has 31 heavy (non-hydrogen) atoms. The summed E-state index contributed by atoms with van der Waals surface area (Å²) in [6.45, 7) is 12.6. The first kappa shape index (κ1) is 24.3. The van der Waals surface area contributed by atoms with Crippen molar-refractivity contribution >= 4 is 23.5 Å². The largest absolute Gasteiger partial charge is 0.454 e. The number of methoxy groups -OCH3 is 1. The van der Waals surface area contributed by atoms with Gasteiger partial charge < -0.3 is 19.6 Å². The molecule has 0 amide bonds. The summed E-state index contributed by atoms with van der Waals surface area (Å²) < 4.78 is 17.7. The highest BCUT2D eigenvalue weighted by Crippen LogP contribution is 2.31. The van der Waals surface area contributed by atoms with Crippen LogP contribution in [0.5, 0.6) is 0 Å². The summed E-state index contributed by atoms with van der Waals surface area (Å²) in [7, 11) is 1.42. The van der Waals surface area contributed by atoms with Gasteiger partial charge in [0.15, 0.2) is 5.76 Å². The molecule has 0 unspecified atom stereocenters. The van der Waals surface area contributed by atoms with Gasteiger partial charge in [-0.05, 0) is 37.3 Å². The molecule has 2 aromatic rings. The van der Waals surface area contributed by atoms with Crippen molar-refractivity contribution in [3.63, 3.8) is 0 Å². The zero-order valence-electron chi connectivity index (χ0n) is 19.5. The molecule has 7 heteroatoms.